The average Bonchev–Trinajstić information content (AvgIpc) is 3.01. The van der Waals surface area contributed by atoms with Crippen LogP contribution in [0.2, 0.25) is 0 Å². The number of aliphatic carboxylic acids is 1. The number of hydrogen-bond donors (Lipinski definition) is 1. The largest absolute Gasteiger partial charge is 0.481 e. The van der Waals surface area contributed by atoms with Crippen molar-refractivity contribution in [1.29, 1.82) is 0 Å². The zero-order valence-electron chi connectivity index (χ0n) is 13.1. The Labute approximate surface area is 130 Å². The van der Waals surface area contributed by atoms with Crippen molar-refractivity contribution in [2.75, 3.05) is 13.1 Å². The van der Waals surface area contributed by atoms with Crippen molar-refractivity contribution in [1.82, 2.24) is 9.88 Å². The molecule has 2 heterocycles. The molecule has 2 atom stereocenters. The molecule has 2 aliphatic rings. The number of likely N-dealkylation sites (tertiary alicyclic amines) is 1. The third-order valence-electron chi connectivity index (χ3n) is 5.05. The lowest BCUT2D eigenvalue weighted by molar-refractivity contribution is -0.149. The van der Waals surface area contributed by atoms with Crippen LogP contribution in [0.1, 0.15) is 50.7 Å². The molecule has 116 valence electrons. The summed E-state index contributed by atoms with van der Waals surface area (Å²) in [6.45, 7) is 8.92. The van der Waals surface area contributed by atoms with Crippen molar-refractivity contribution in [3.8, 4) is 0 Å². The lowest BCUT2D eigenvalue weighted by Crippen LogP contribution is -2.35. The topological polar surface area (TPSA) is 53.4 Å². The fourth-order valence-corrected chi connectivity index (χ4v) is 4.84. The van der Waals surface area contributed by atoms with E-state index in [1.807, 2.05) is 0 Å². The molecule has 0 unspecified atom stereocenters. The summed E-state index contributed by atoms with van der Waals surface area (Å²) in [6.07, 6.45) is 2.97. The van der Waals surface area contributed by atoms with E-state index < -0.39 is 11.4 Å². The molecular weight excluding hydrogens is 284 g/mol. The van der Waals surface area contributed by atoms with Gasteiger partial charge in [-0.3, -0.25) is 9.69 Å². The van der Waals surface area contributed by atoms with E-state index in [-0.39, 0.29) is 5.41 Å². The van der Waals surface area contributed by atoms with E-state index in [9.17, 15) is 9.90 Å². The number of carbonyl (C=O) groups is 1. The first-order valence-corrected chi connectivity index (χ1v) is 8.60. The number of aromatic nitrogens is 1. The van der Waals surface area contributed by atoms with Crippen molar-refractivity contribution in [2.24, 2.45) is 11.3 Å². The summed E-state index contributed by atoms with van der Waals surface area (Å²) in [6, 6.07) is 0. The molecule has 2 fully saturated rings. The minimum atomic E-state index is -0.595. The van der Waals surface area contributed by atoms with Gasteiger partial charge in [-0.25, -0.2) is 4.98 Å². The second-order valence-corrected chi connectivity index (χ2v) is 8.54. The maximum absolute atomic E-state index is 11.7. The Hall–Kier alpha value is -0.940. The highest BCUT2D eigenvalue weighted by Gasteiger charge is 2.54. The van der Waals surface area contributed by atoms with Gasteiger partial charge in [0.2, 0.25) is 0 Å². The zero-order chi connectivity index (χ0) is 15.3. The molecule has 0 aromatic carbocycles. The first kappa shape index (κ1) is 15.0. The Morgan fingerprint density at radius 1 is 1.57 bits per heavy atom. The van der Waals surface area contributed by atoms with Gasteiger partial charge in [-0.05, 0) is 18.8 Å². The van der Waals surface area contributed by atoms with Crippen molar-refractivity contribution >= 4 is 17.3 Å². The third kappa shape index (κ3) is 2.61. The Morgan fingerprint density at radius 3 is 2.90 bits per heavy atom. The van der Waals surface area contributed by atoms with Gasteiger partial charge in [0.15, 0.2) is 0 Å². The van der Waals surface area contributed by atoms with E-state index in [2.05, 4.69) is 31.1 Å². The van der Waals surface area contributed by atoms with Crippen LogP contribution in [0.3, 0.4) is 0 Å². The number of carboxylic acid groups (broad SMARTS) is 1. The van der Waals surface area contributed by atoms with Gasteiger partial charge < -0.3 is 5.11 Å². The third-order valence-corrected chi connectivity index (χ3v) is 5.88. The highest BCUT2D eigenvalue weighted by Crippen LogP contribution is 2.49. The van der Waals surface area contributed by atoms with Crippen LogP contribution in [0.15, 0.2) is 5.38 Å². The van der Waals surface area contributed by atoms with E-state index in [0.29, 0.717) is 12.5 Å². The summed E-state index contributed by atoms with van der Waals surface area (Å²) in [5, 5.41) is 12.9. The molecule has 1 aliphatic carbocycles. The second-order valence-electron chi connectivity index (χ2n) is 7.60. The quantitative estimate of drug-likeness (QED) is 0.932. The summed E-state index contributed by atoms with van der Waals surface area (Å²) >= 11 is 1.70. The highest BCUT2D eigenvalue weighted by molar-refractivity contribution is 7.09. The fraction of sp³-hybridized carbons (Fsp3) is 0.750. The van der Waals surface area contributed by atoms with Gasteiger partial charge >= 0.3 is 5.97 Å². The SMILES string of the molecule is CC(C)(C)c1csc(CN2C[C@@H]3CCC[C@@]3(C(=O)O)C2)n1. The van der Waals surface area contributed by atoms with E-state index in [1.165, 1.54) is 0 Å². The predicted molar refractivity (Wildman–Crippen MR) is 83.5 cm³/mol. The highest BCUT2D eigenvalue weighted by atomic mass is 32.1. The number of fused-ring (bicyclic) bond motifs is 1. The van der Waals surface area contributed by atoms with Gasteiger partial charge in [-0.2, -0.15) is 0 Å². The van der Waals surface area contributed by atoms with E-state index in [0.717, 1.165) is 43.1 Å². The van der Waals surface area contributed by atoms with Crippen LogP contribution in [-0.4, -0.2) is 34.0 Å². The number of nitrogens with zero attached hydrogens (tertiary/aromatic N) is 2. The molecule has 4 nitrogen and oxygen atoms in total. The van der Waals surface area contributed by atoms with Crippen LogP contribution >= 0.6 is 11.3 Å². The molecule has 1 aliphatic heterocycles. The molecule has 0 spiro atoms. The van der Waals surface area contributed by atoms with E-state index >= 15 is 0 Å². The maximum atomic E-state index is 11.7. The Morgan fingerprint density at radius 2 is 2.33 bits per heavy atom. The molecule has 21 heavy (non-hydrogen) atoms. The van der Waals surface area contributed by atoms with Gasteiger partial charge in [0.25, 0.3) is 0 Å². The number of carboxylic acids is 1. The van der Waals surface area contributed by atoms with Crippen LogP contribution in [0.4, 0.5) is 0 Å². The zero-order valence-corrected chi connectivity index (χ0v) is 13.9. The lowest BCUT2D eigenvalue weighted by atomic mass is 9.81. The number of hydrogen-bond acceptors (Lipinski definition) is 4. The fourth-order valence-electron chi connectivity index (χ4n) is 3.78. The van der Waals surface area contributed by atoms with Crippen LogP contribution in [0, 0.1) is 11.3 Å². The van der Waals surface area contributed by atoms with Gasteiger partial charge in [0.1, 0.15) is 5.01 Å². The lowest BCUT2D eigenvalue weighted by Gasteiger charge is -2.23. The standard InChI is InChI=1S/C16H24N2O2S/c1-15(2,3)12-9-21-13(17-12)8-18-7-11-5-4-6-16(11,10-18)14(19)20/h9,11H,4-8,10H2,1-3H3,(H,19,20)/t11-,16+/m0/s1. The molecule has 1 N–H and O–H groups in total. The minimum Gasteiger partial charge on any atom is -0.481 e. The van der Waals surface area contributed by atoms with Crippen molar-refractivity contribution in [2.45, 2.75) is 52.0 Å². The summed E-state index contributed by atoms with van der Waals surface area (Å²) < 4.78 is 0. The van der Waals surface area contributed by atoms with Crippen molar-refractivity contribution in [3.63, 3.8) is 0 Å². The van der Waals surface area contributed by atoms with Gasteiger partial charge in [-0.1, -0.05) is 27.2 Å². The molecule has 5 heteroatoms. The Balaban J connectivity index is 1.70. The van der Waals surface area contributed by atoms with E-state index in [4.69, 9.17) is 4.98 Å². The molecule has 0 bridgehead atoms. The Kier molecular flexibility index (Phi) is 3.61. The summed E-state index contributed by atoms with van der Waals surface area (Å²) in [7, 11) is 0. The monoisotopic (exact) mass is 308 g/mol. The first-order valence-electron chi connectivity index (χ1n) is 7.72. The summed E-state index contributed by atoms with van der Waals surface area (Å²) in [5.41, 5.74) is 0.734. The molecule has 3 rings (SSSR count). The van der Waals surface area contributed by atoms with Crippen LogP contribution < -0.4 is 0 Å². The summed E-state index contributed by atoms with van der Waals surface area (Å²) in [5.74, 6) is -0.265. The van der Waals surface area contributed by atoms with Gasteiger partial charge in [0.05, 0.1) is 17.7 Å². The van der Waals surface area contributed by atoms with Gasteiger partial charge in [0, 0.05) is 23.9 Å². The Bertz CT molecular complexity index is 549. The maximum Gasteiger partial charge on any atom is 0.311 e. The molecular formula is C16H24N2O2S. The van der Waals surface area contributed by atoms with Crippen molar-refractivity contribution < 1.29 is 9.90 Å². The second kappa shape index (κ2) is 5.06. The molecule has 1 saturated carbocycles. The van der Waals surface area contributed by atoms with Gasteiger partial charge in [-0.15, -0.1) is 11.3 Å². The predicted octanol–water partition coefficient (Wildman–Crippen LogP) is 3.13. The average molecular weight is 308 g/mol. The molecule has 0 radical (unpaired) electrons. The van der Waals surface area contributed by atoms with Crippen molar-refractivity contribution in [3.05, 3.63) is 16.1 Å². The van der Waals surface area contributed by atoms with Crippen LogP contribution in [-0.2, 0) is 16.8 Å². The molecule has 1 aromatic heterocycles. The molecule has 0 amide bonds. The van der Waals surface area contributed by atoms with E-state index in [1.54, 1.807) is 11.3 Å². The number of thiazole rings is 1. The summed E-state index contributed by atoms with van der Waals surface area (Å²) in [4.78, 5) is 18.7. The minimum absolute atomic E-state index is 0.0819. The normalized spacial score (nSPS) is 29.8. The number of rotatable bonds is 3. The van der Waals surface area contributed by atoms with Crippen LogP contribution in [0.5, 0.6) is 0 Å². The molecule has 1 saturated heterocycles. The first-order chi connectivity index (χ1) is 9.81. The van der Waals surface area contributed by atoms with Crippen LogP contribution in [0.25, 0.3) is 0 Å². The smallest absolute Gasteiger partial charge is 0.311 e. The molecule has 1 aromatic rings.